The fourth-order valence-corrected chi connectivity index (χ4v) is 3.80. The summed E-state index contributed by atoms with van der Waals surface area (Å²) >= 11 is 5.26. The Balaban J connectivity index is 1.52. The summed E-state index contributed by atoms with van der Waals surface area (Å²) in [5.74, 6) is 0.0948. The van der Waals surface area contributed by atoms with Crippen molar-refractivity contribution in [2.24, 2.45) is 0 Å². The molecule has 174 valence electrons. The highest BCUT2D eigenvalue weighted by Crippen LogP contribution is 2.26. The van der Waals surface area contributed by atoms with Gasteiger partial charge in [0.05, 0.1) is 23.9 Å². The Bertz CT molecular complexity index is 1360. The molecule has 0 bridgehead atoms. The first kappa shape index (κ1) is 23.7. The van der Waals surface area contributed by atoms with E-state index in [4.69, 9.17) is 21.7 Å². The lowest BCUT2D eigenvalue weighted by Gasteiger charge is -2.29. The minimum Gasteiger partial charge on any atom is -0.494 e. The van der Waals surface area contributed by atoms with E-state index in [2.05, 4.69) is 11.4 Å². The van der Waals surface area contributed by atoms with Crippen LogP contribution in [-0.2, 0) is 16.2 Å². The summed E-state index contributed by atoms with van der Waals surface area (Å²) < 4.78 is 11.3. The molecule has 1 heterocycles. The lowest BCUT2D eigenvalue weighted by molar-refractivity contribution is -0.122. The van der Waals surface area contributed by atoms with E-state index >= 15 is 0 Å². The van der Waals surface area contributed by atoms with Crippen molar-refractivity contribution in [3.05, 3.63) is 95.1 Å². The molecule has 35 heavy (non-hydrogen) atoms. The van der Waals surface area contributed by atoms with E-state index in [1.54, 1.807) is 60.7 Å². The topological polar surface area (TPSA) is 91.7 Å². The molecule has 3 aromatic carbocycles. The van der Waals surface area contributed by atoms with Gasteiger partial charge in [-0.1, -0.05) is 36.4 Å². The highest BCUT2D eigenvalue weighted by atomic mass is 32.1. The summed E-state index contributed by atoms with van der Waals surface area (Å²) in [4.78, 5) is 27.1. The molecule has 0 saturated carbocycles. The number of nitrogens with one attached hydrogen (secondary N) is 1. The first-order chi connectivity index (χ1) is 17.0. The third-order valence-corrected chi connectivity index (χ3v) is 5.50. The Hall–Kier alpha value is -4.48. The minimum atomic E-state index is -0.564. The average Bonchev–Trinajstić information content (AvgIpc) is 2.86. The molecule has 0 spiro atoms. The van der Waals surface area contributed by atoms with Gasteiger partial charge >= 0.3 is 0 Å². The molecule has 1 saturated heterocycles. The van der Waals surface area contributed by atoms with Crippen molar-refractivity contribution in [2.75, 3.05) is 11.5 Å². The second-order valence-corrected chi connectivity index (χ2v) is 7.90. The number of thiocarbonyl (C=S) groups is 1. The maximum atomic E-state index is 13.2. The summed E-state index contributed by atoms with van der Waals surface area (Å²) in [7, 11) is 0. The molecule has 0 aliphatic carbocycles. The summed E-state index contributed by atoms with van der Waals surface area (Å²) in [5, 5.41) is 11.8. The number of nitrogens with zero attached hydrogens (tertiary/aromatic N) is 2. The van der Waals surface area contributed by atoms with E-state index in [1.807, 2.05) is 19.1 Å². The smallest absolute Gasteiger partial charge is 0.270 e. The van der Waals surface area contributed by atoms with Crippen molar-refractivity contribution in [2.45, 2.75) is 13.5 Å². The van der Waals surface area contributed by atoms with Crippen LogP contribution in [0.2, 0.25) is 0 Å². The molecule has 0 atom stereocenters. The van der Waals surface area contributed by atoms with Gasteiger partial charge in [0.15, 0.2) is 5.11 Å². The number of ether oxygens (including phenoxy) is 2. The van der Waals surface area contributed by atoms with Gasteiger partial charge < -0.3 is 9.47 Å². The van der Waals surface area contributed by atoms with Crippen molar-refractivity contribution in [3.63, 3.8) is 0 Å². The van der Waals surface area contributed by atoms with Gasteiger partial charge in [-0.2, -0.15) is 5.26 Å². The molecule has 0 unspecified atom stereocenters. The number of hydrogen-bond acceptors (Lipinski definition) is 6. The fraction of sp³-hybridized carbons (Fsp3) is 0.111. The van der Waals surface area contributed by atoms with Crippen LogP contribution in [0.5, 0.6) is 11.5 Å². The molecule has 1 aliphatic rings. The van der Waals surface area contributed by atoms with Crippen molar-refractivity contribution >= 4 is 40.9 Å². The van der Waals surface area contributed by atoms with Gasteiger partial charge in [-0.05, 0) is 61.1 Å². The number of nitriles is 1. The second kappa shape index (κ2) is 10.6. The maximum Gasteiger partial charge on any atom is 0.270 e. The molecular weight excluding hydrogens is 462 g/mol. The van der Waals surface area contributed by atoms with E-state index < -0.39 is 11.8 Å². The van der Waals surface area contributed by atoms with Crippen LogP contribution in [-0.4, -0.2) is 23.5 Å². The molecule has 7 nitrogen and oxygen atoms in total. The van der Waals surface area contributed by atoms with E-state index in [1.165, 1.54) is 11.0 Å². The largest absolute Gasteiger partial charge is 0.494 e. The molecule has 3 aromatic rings. The second-order valence-electron chi connectivity index (χ2n) is 7.51. The number of anilines is 1. The van der Waals surface area contributed by atoms with Crippen molar-refractivity contribution < 1.29 is 19.1 Å². The van der Waals surface area contributed by atoms with E-state index in [0.29, 0.717) is 34.9 Å². The number of carbonyl (C=O) groups is 2. The van der Waals surface area contributed by atoms with Crippen molar-refractivity contribution in [1.29, 1.82) is 5.26 Å². The quantitative estimate of drug-likeness (QED) is 0.305. The van der Waals surface area contributed by atoms with Gasteiger partial charge in [0.1, 0.15) is 23.7 Å². The molecule has 2 amide bonds. The number of hydrogen-bond donors (Lipinski definition) is 1. The van der Waals surface area contributed by atoms with Crippen LogP contribution in [0.1, 0.15) is 23.6 Å². The first-order valence-electron chi connectivity index (χ1n) is 10.9. The zero-order valence-corrected chi connectivity index (χ0v) is 19.7. The molecule has 0 aromatic heterocycles. The van der Waals surface area contributed by atoms with Crippen molar-refractivity contribution in [3.8, 4) is 17.6 Å². The van der Waals surface area contributed by atoms with Crippen LogP contribution in [0, 0.1) is 11.3 Å². The summed E-state index contributed by atoms with van der Waals surface area (Å²) in [6.45, 7) is 2.60. The first-order valence-corrected chi connectivity index (χ1v) is 11.3. The summed E-state index contributed by atoms with van der Waals surface area (Å²) in [6, 6.07) is 23.3. The monoisotopic (exact) mass is 483 g/mol. The van der Waals surface area contributed by atoms with Crippen LogP contribution >= 0.6 is 12.2 Å². The lowest BCUT2D eigenvalue weighted by Crippen LogP contribution is -2.54. The van der Waals surface area contributed by atoms with Crippen LogP contribution in [0.15, 0.2) is 78.4 Å². The highest BCUT2D eigenvalue weighted by molar-refractivity contribution is 7.80. The van der Waals surface area contributed by atoms with Gasteiger partial charge in [-0.15, -0.1) is 0 Å². The van der Waals surface area contributed by atoms with Gasteiger partial charge in [-0.3, -0.25) is 19.8 Å². The molecule has 1 N–H and O–H groups in total. The number of amides is 2. The predicted molar refractivity (Wildman–Crippen MR) is 136 cm³/mol. The molecule has 4 rings (SSSR count). The third-order valence-electron chi connectivity index (χ3n) is 5.21. The number of rotatable bonds is 7. The minimum absolute atomic E-state index is 0.00666. The number of carbonyl (C=O) groups excluding carboxylic acids is 2. The molecule has 1 aliphatic heterocycles. The Kier molecular flexibility index (Phi) is 7.19. The SMILES string of the molecule is CCOc1cccc(N2C(=O)/C(=C/c3ccc(OCc4ccccc4C#N)cc3)C(=O)NC2=S)c1. The van der Waals surface area contributed by atoms with Gasteiger partial charge in [0.2, 0.25) is 0 Å². The van der Waals surface area contributed by atoms with Gasteiger partial charge in [0, 0.05) is 11.6 Å². The average molecular weight is 484 g/mol. The lowest BCUT2D eigenvalue weighted by atomic mass is 10.1. The van der Waals surface area contributed by atoms with Gasteiger partial charge in [-0.25, -0.2) is 0 Å². The van der Waals surface area contributed by atoms with E-state index in [-0.39, 0.29) is 17.3 Å². The van der Waals surface area contributed by atoms with E-state index in [9.17, 15) is 14.9 Å². The molecule has 1 fully saturated rings. The standard InChI is InChI=1S/C27H21N3O4S/c1-2-33-23-9-5-8-21(15-23)30-26(32)24(25(31)29-27(30)35)14-18-10-12-22(13-11-18)34-17-20-7-4-3-6-19(20)16-28/h3-15H,2,17H2,1H3,(H,29,31,35)/b24-14+. The van der Waals surface area contributed by atoms with Crippen LogP contribution < -0.4 is 19.7 Å². The zero-order valence-electron chi connectivity index (χ0n) is 18.9. The molecule has 0 radical (unpaired) electrons. The van der Waals surface area contributed by atoms with Crippen LogP contribution in [0.3, 0.4) is 0 Å². The summed E-state index contributed by atoms with van der Waals surface area (Å²) in [6.07, 6.45) is 1.51. The Labute approximate surface area is 208 Å². The van der Waals surface area contributed by atoms with E-state index in [0.717, 1.165) is 5.56 Å². The molecular formula is C27H21N3O4S. The van der Waals surface area contributed by atoms with Gasteiger partial charge in [0.25, 0.3) is 11.8 Å². The zero-order chi connectivity index (χ0) is 24.8. The molecule has 8 heteroatoms. The third kappa shape index (κ3) is 5.37. The highest BCUT2D eigenvalue weighted by Gasteiger charge is 2.34. The predicted octanol–water partition coefficient (Wildman–Crippen LogP) is 4.37. The summed E-state index contributed by atoms with van der Waals surface area (Å²) in [5.41, 5.74) is 2.44. The van der Waals surface area contributed by atoms with Crippen molar-refractivity contribution in [1.82, 2.24) is 5.32 Å². The number of benzene rings is 3. The Morgan fingerprint density at radius 3 is 2.51 bits per heavy atom. The van der Waals surface area contributed by atoms with Crippen LogP contribution in [0.4, 0.5) is 5.69 Å². The maximum absolute atomic E-state index is 13.2. The Morgan fingerprint density at radius 1 is 1.00 bits per heavy atom. The fourth-order valence-electron chi connectivity index (χ4n) is 3.51. The van der Waals surface area contributed by atoms with Crippen LogP contribution in [0.25, 0.3) is 6.08 Å². The Morgan fingerprint density at radius 2 is 1.77 bits per heavy atom. The normalized spacial score (nSPS) is 14.5.